The summed E-state index contributed by atoms with van der Waals surface area (Å²) in [6.07, 6.45) is 0. The Morgan fingerprint density at radius 3 is 1.92 bits per heavy atom. The molecule has 0 N–H and O–H groups in total. The number of nitro benzene ring substituents is 2. The van der Waals surface area contributed by atoms with E-state index in [1.54, 1.807) is 6.07 Å². The van der Waals surface area contributed by atoms with E-state index in [9.17, 15) is 29.8 Å². The summed E-state index contributed by atoms with van der Waals surface area (Å²) in [5.41, 5.74) is 1.91. The SMILES string of the molecule is O=C1OCc2cc([N+](=O)[O-])ccc21.O=C1OCc2ccc([N+](=O)[O-])cc21. The van der Waals surface area contributed by atoms with Gasteiger partial charge in [0.25, 0.3) is 11.4 Å². The molecule has 132 valence electrons. The van der Waals surface area contributed by atoms with Gasteiger partial charge >= 0.3 is 11.9 Å². The van der Waals surface area contributed by atoms with Crippen LogP contribution >= 0.6 is 0 Å². The Kier molecular flexibility index (Phi) is 4.31. The zero-order valence-corrected chi connectivity index (χ0v) is 13.0. The molecule has 0 saturated carbocycles. The zero-order valence-electron chi connectivity index (χ0n) is 13.0. The lowest BCUT2D eigenvalue weighted by molar-refractivity contribution is -0.385. The Morgan fingerprint density at radius 1 is 0.731 bits per heavy atom. The van der Waals surface area contributed by atoms with Gasteiger partial charge in [0.05, 0.1) is 21.0 Å². The van der Waals surface area contributed by atoms with Crippen LogP contribution in [0, 0.1) is 20.2 Å². The molecule has 4 rings (SSSR count). The van der Waals surface area contributed by atoms with Crippen molar-refractivity contribution >= 4 is 23.3 Å². The van der Waals surface area contributed by atoms with Gasteiger partial charge in [0.2, 0.25) is 0 Å². The molecule has 2 aliphatic rings. The molecule has 0 unspecified atom stereocenters. The summed E-state index contributed by atoms with van der Waals surface area (Å²) in [7, 11) is 0. The van der Waals surface area contributed by atoms with Gasteiger partial charge in [0.1, 0.15) is 13.2 Å². The molecule has 0 spiro atoms. The Labute approximate surface area is 145 Å². The lowest BCUT2D eigenvalue weighted by Crippen LogP contribution is -1.95. The highest BCUT2D eigenvalue weighted by Crippen LogP contribution is 2.25. The second kappa shape index (κ2) is 6.59. The summed E-state index contributed by atoms with van der Waals surface area (Å²) >= 11 is 0. The smallest absolute Gasteiger partial charge is 0.339 e. The lowest BCUT2D eigenvalue weighted by atomic mass is 10.1. The molecule has 0 radical (unpaired) electrons. The summed E-state index contributed by atoms with van der Waals surface area (Å²) in [6.45, 7) is 0.349. The van der Waals surface area contributed by atoms with Crippen molar-refractivity contribution in [3.8, 4) is 0 Å². The van der Waals surface area contributed by atoms with Crippen molar-refractivity contribution in [2.45, 2.75) is 13.2 Å². The average Bonchev–Trinajstić information content (AvgIpc) is 3.18. The molecule has 0 saturated heterocycles. The first kappa shape index (κ1) is 17.0. The predicted molar refractivity (Wildman–Crippen MR) is 84.4 cm³/mol. The molecular weight excluding hydrogens is 348 g/mol. The number of esters is 2. The molecule has 2 aromatic rings. The van der Waals surface area contributed by atoms with Crippen LogP contribution in [0.3, 0.4) is 0 Å². The summed E-state index contributed by atoms with van der Waals surface area (Å²) in [4.78, 5) is 41.6. The number of ether oxygens (including phenoxy) is 2. The minimum Gasteiger partial charge on any atom is -0.457 e. The molecular formula is C16H10N2O8. The normalized spacial score (nSPS) is 13.7. The third kappa shape index (κ3) is 3.20. The molecule has 0 atom stereocenters. The van der Waals surface area contributed by atoms with Crippen LogP contribution in [-0.4, -0.2) is 21.8 Å². The van der Waals surface area contributed by atoms with Crippen molar-refractivity contribution in [1.82, 2.24) is 0 Å². The van der Waals surface area contributed by atoms with Gasteiger partial charge < -0.3 is 9.47 Å². The fourth-order valence-electron chi connectivity index (χ4n) is 2.45. The van der Waals surface area contributed by atoms with Gasteiger partial charge in [-0.15, -0.1) is 0 Å². The number of nitro groups is 2. The van der Waals surface area contributed by atoms with Crippen LogP contribution in [0.1, 0.15) is 31.8 Å². The van der Waals surface area contributed by atoms with Crippen LogP contribution < -0.4 is 0 Å². The molecule has 2 aliphatic heterocycles. The van der Waals surface area contributed by atoms with E-state index in [4.69, 9.17) is 9.47 Å². The largest absolute Gasteiger partial charge is 0.457 e. The van der Waals surface area contributed by atoms with Crippen molar-refractivity contribution in [2.24, 2.45) is 0 Å². The number of rotatable bonds is 2. The first-order chi connectivity index (χ1) is 12.4. The van der Waals surface area contributed by atoms with Crippen molar-refractivity contribution in [2.75, 3.05) is 0 Å². The van der Waals surface area contributed by atoms with E-state index >= 15 is 0 Å². The predicted octanol–water partition coefficient (Wildman–Crippen LogP) is 2.53. The molecule has 10 heteroatoms. The number of benzene rings is 2. The summed E-state index contributed by atoms with van der Waals surface area (Å²) < 4.78 is 9.39. The first-order valence-corrected chi connectivity index (χ1v) is 7.25. The van der Waals surface area contributed by atoms with E-state index in [-0.39, 0.29) is 24.6 Å². The summed E-state index contributed by atoms with van der Waals surface area (Å²) in [5.74, 6) is -0.899. The maximum Gasteiger partial charge on any atom is 0.339 e. The van der Waals surface area contributed by atoms with Crippen LogP contribution in [-0.2, 0) is 22.7 Å². The Morgan fingerprint density at radius 2 is 1.27 bits per heavy atom. The number of hydrogen-bond acceptors (Lipinski definition) is 8. The van der Waals surface area contributed by atoms with Gasteiger partial charge in [-0.2, -0.15) is 0 Å². The van der Waals surface area contributed by atoms with Crippen LogP contribution in [0.4, 0.5) is 11.4 Å². The lowest BCUT2D eigenvalue weighted by Gasteiger charge is -1.93. The van der Waals surface area contributed by atoms with Crippen LogP contribution in [0.25, 0.3) is 0 Å². The fraction of sp³-hybridized carbons (Fsp3) is 0.125. The number of hydrogen-bond donors (Lipinski definition) is 0. The molecule has 0 fully saturated rings. The van der Waals surface area contributed by atoms with Gasteiger partial charge in [-0.05, 0) is 12.1 Å². The van der Waals surface area contributed by atoms with Crippen molar-refractivity contribution < 1.29 is 28.9 Å². The van der Waals surface area contributed by atoms with Crippen molar-refractivity contribution in [3.05, 3.63) is 78.9 Å². The Bertz CT molecular complexity index is 953. The van der Waals surface area contributed by atoms with Gasteiger partial charge in [0.15, 0.2) is 0 Å². The molecule has 0 aliphatic carbocycles. The minimum atomic E-state index is -0.536. The molecule has 2 aromatic carbocycles. The highest BCUT2D eigenvalue weighted by Gasteiger charge is 2.24. The van der Waals surface area contributed by atoms with E-state index in [0.717, 1.165) is 0 Å². The maximum absolute atomic E-state index is 11.0. The highest BCUT2D eigenvalue weighted by atomic mass is 16.6. The molecule has 0 aromatic heterocycles. The van der Waals surface area contributed by atoms with Crippen LogP contribution in [0.15, 0.2) is 36.4 Å². The topological polar surface area (TPSA) is 139 Å². The molecule has 2 heterocycles. The monoisotopic (exact) mass is 358 g/mol. The fourth-order valence-corrected chi connectivity index (χ4v) is 2.45. The van der Waals surface area contributed by atoms with Gasteiger partial charge in [-0.25, -0.2) is 9.59 Å². The molecule has 0 bridgehead atoms. The first-order valence-electron chi connectivity index (χ1n) is 7.25. The van der Waals surface area contributed by atoms with E-state index in [1.807, 2.05) is 0 Å². The number of carbonyl (C=O) groups excluding carboxylic acids is 2. The quantitative estimate of drug-likeness (QED) is 0.453. The number of fused-ring (bicyclic) bond motifs is 2. The van der Waals surface area contributed by atoms with E-state index in [2.05, 4.69) is 0 Å². The third-order valence-electron chi connectivity index (χ3n) is 3.76. The third-order valence-corrected chi connectivity index (χ3v) is 3.76. The van der Waals surface area contributed by atoms with Gasteiger partial charge in [-0.3, -0.25) is 20.2 Å². The number of cyclic esters (lactones) is 2. The van der Waals surface area contributed by atoms with Gasteiger partial charge in [0, 0.05) is 35.4 Å². The van der Waals surface area contributed by atoms with E-state index < -0.39 is 21.8 Å². The van der Waals surface area contributed by atoms with Crippen LogP contribution in [0.5, 0.6) is 0 Å². The number of carbonyl (C=O) groups is 2. The van der Waals surface area contributed by atoms with E-state index in [1.165, 1.54) is 30.3 Å². The molecule has 26 heavy (non-hydrogen) atoms. The summed E-state index contributed by atoms with van der Waals surface area (Å²) in [5, 5.41) is 20.7. The van der Waals surface area contributed by atoms with Crippen LogP contribution in [0.2, 0.25) is 0 Å². The second-order valence-electron chi connectivity index (χ2n) is 5.35. The standard InChI is InChI=1S/2C8H5NO4/c10-8-7-2-1-6(9(11)12)3-5(7)4-13-8;10-8-7-3-6(9(11)12)2-1-5(7)4-13-8/h2*1-3H,4H2. The number of non-ortho nitro benzene ring substituents is 2. The molecule has 0 amide bonds. The van der Waals surface area contributed by atoms with Crippen molar-refractivity contribution in [3.63, 3.8) is 0 Å². The van der Waals surface area contributed by atoms with Crippen molar-refractivity contribution in [1.29, 1.82) is 0 Å². The Balaban J connectivity index is 0.000000151. The van der Waals surface area contributed by atoms with Gasteiger partial charge in [-0.1, -0.05) is 0 Å². The average molecular weight is 358 g/mol. The number of nitrogens with zero attached hydrogens (tertiary/aromatic N) is 2. The molecule has 10 nitrogen and oxygen atoms in total. The maximum atomic E-state index is 11.0. The Hall–Kier alpha value is -3.82. The summed E-state index contributed by atoms with van der Waals surface area (Å²) in [6, 6.07) is 8.22. The highest BCUT2D eigenvalue weighted by molar-refractivity contribution is 5.94. The van der Waals surface area contributed by atoms with E-state index in [0.29, 0.717) is 22.3 Å². The second-order valence-corrected chi connectivity index (χ2v) is 5.35. The minimum absolute atomic E-state index is 0.0166. The zero-order chi connectivity index (χ0) is 18.8.